The zero-order valence-electron chi connectivity index (χ0n) is 20.6. The van der Waals surface area contributed by atoms with Crippen LogP contribution in [0.3, 0.4) is 0 Å². The van der Waals surface area contributed by atoms with Gasteiger partial charge in [0.15, 0.2) is 0 Å². The molecule has 0 atom stereocenters. The van der Waals surface area contributed by atoms with Crippen molar-refractivity contribution in [3.05, 3.63) is 133 Å². The Bertz CT molecular complexity index is 2130. The normalized spacial score (nSPS) is 11.7. The molecule has 6 aromatic carbocycles. The van der Waals surface area contributed by atoms with Crippen LogP contribution < -0.4 is 0 Å². The summed E-state index contributed by atoms with van der Waals surface area (Å²) in [6.07, 6.45) is 0. The zero-order chi connectivity index (χ0) is 25.1. The molecular weight excluding hydrogens is 462 g/mol. The second kappa shape index (κ2) is 8.22. The minimum absolute atomic E-state index is 0.915. The molecule has 1 N–H and O–H groups in total. The van der Waals surface area contributed by atoms with Gasteiger partial charge in [-0.2, -0.15) is 0 Å². The fourth-order valence-corrected chi connectivity index (χ4v) is 5.75. The van der Waals surface area contributed by atoms with Crippen LogP contribution in [0.5, 0.6) is 0 Å². The van der Waals surface area contributed by atoms with E-state index in [1.807, 2.05) is 12.1 Å². The van der Waals surface area contributed by atoms with E-state index in [9.17, 15) is 0 Å². The van der Waals surface area contributed by atoms with E-state index in [1.54, 1.807) is 0 Å². The molecule has 2 aromatic heterocycles. The van der Waals surface area contributed by atoms with Gasteiger partial charge in [0, 0.05) is 32.6 Å². The van der Waals surface area contributed by atoms with Crippen molar-refractivity contribution < 1.29 is 4.42 Å². The number of benzene rings is 6. The lowest BCUT2D eigenvalue weighted by Gasteiger charge is -2.11. The van der Waals surface area contributed by atoms with Crippen molar-refractivity contribution in [2.24, 2.45) is 0 Å². The van der Waals surface area contributed by atoms with Crippen LogP contribution in [0.1, 0.15) is 0 Å². The summed E-state index contributed by atoms with van der Waals surface area (Å²) in [6, 6.07) is 47.4. The molecule has 8 aromatic rings. The smallest absolute Gasteiger partial charge is 0.136 e. The first-order valence-electron chi connectivity index (χ1n) is 12.9. The standard InChI is InChI=1S/C36H23NO/c1-2-9-23(10-3-1)27-20-31(36-32(21-27)28-13-4-6-15-33(28)37-36)26-12-8-11-24(19-26)25-17-18-30-29-14-5-7-16-34(29)38-35(30)22-25/h1-22,37H. The van der Waals surface area contributed by atoms with Crippen molar-refractivity contribution in [2.45, 2.75) is 0 Å². The third-order valence-corrected chi connectivity index (χ3v) is 7.61. The highest BCUT2D eigenvalue weighted by molar-refractivity contribution is 6.13. The number of para-hydroxylation sites is 2. The predicted molar refractivity (Wildman–Crippen MR) is 159 cm³/mol. The first-order valence-corrected chi connectivity index (χ1v) is 12.9. The van der Waals surface area contributed by atoms with E-state index < -0.39 is 0 Å². The molecule has 0 spiro atoms. The Kier molecular flexibility index (Phi) is 4.55. The van der Waals surface area contributed by atoms with E-state index in [2.05, 4.69) is 126 Å². The van der Waals surface area contributed by atoms with Crippen LogP contribution in [-0.2, 0) is 0 Å². The fourth-order valence-electron chi connectivity index (χ4n) is 5.75. The van der Waals surface area contributed by atoms with Gasteiger partial charge in [0.05, 0.1) is 5.52 Å². The van der Waals surface area contributed by atoms with Gasteiger partial charge in [0.2, 0.25) is 0 Å². The minimum Gasteiger partial charge on any atom is -0.456 e. The molecule has 0 aliphatic carbocycles. The second-order valence-electron chi connectivity index (χ2n) is 9.87. The third-order valence-electron chi connectivity index (χ3n) is 7.61. The van der Waals surface area contributed by atoms with Crippen molar-refractivity contribution in [3.63, 3.8) is 0 Å². The Hall–Kier alpha value is -5.08. The quantitative estimate of drug-likeness (QED) is 0.265. The molecule has 0 unspecified atom stereocenters. The van der Waals surface area contributed by atoms with Crippen molar-refractivity contribution in [2.75, 3.05) is 0 Å². The molecule has 0 amide bonds. The van der Waals surface area contributed by atoms with Crippen molar-refractivity contribution >= 4 is 43.7 Å². The molecule has 38 heavy (non-hydrogen) atoms. The SMILES string of the molecule is c1ccc(-c2cc(-c3cccc(-c4ccc5c(c4)oc4ccccc45)c3)c3[nH]c4ccccc4c3c2)cc1. The largest absolute Gasteiger partial charge is 0.456 e. The average molecular weight is 486 g/mol. The van der Waals surface area contributed by atoms with Crippen LogP contribution in [0.15, 0.2) is 138 Å². The maximum atomic E-state index is 6.18. The number of H-pyrrole nitrogens is 1. The Morgan fingerprint density at radius 2 is 1.11 bits per heavy atom. The van der Waals surface area contributed by atoms with E-state index >= 15 is 0 Å². The summed E-state index contributed by atoms with van der Waals surface area (Å²) in [6.45, 7) is 0. The fraction of sp³-hybridized carbons (Fsp3) is 0. The van der Waals surface area contributed by atoms with Gasteiger partial charge in [-0.1, -0.05) is 91.0 Å². The molecule has 0 bridgehead atoms. The maximum Gasteiger partial charge on any atom is 0.136 e. The summed E-state index contributed by atoms with van der Waals surface area (Å²) >= 11 is 0. The molecule has 0 radical (unpaired) electrons. The molecule has 0 aliphatic heterocycles. The number of nitrogens with one attached hydrogen (secondary N) is 1. The highest BCUT2D eigenvalue weighted by atomic mass is 16.3. The number of rotatable bonds is 3. The summed E-state index contributed by atoms with van der Waals surface area (Å²) in [5.41, 5.74) is 11.3. The van der Waals surface area contributed by atoms with Gasteiger partial charge < -0.3 is 9.40 Å². The van der Waals surface area contributed by atoms with Gasteiger partial charge in [0.1, 0.15) is 11.2 Å². The number of hydrogen-bond acceptors (Lipinski definition) is 1. The number of aromatic nitrogens is 1. The molecule has 2 heterocycles. The van der Waals surface area contributed by atoms with E-state index in [-0.39, 0.29) is 0 Å². The second-order valence-corrected chi connectivity index (χ2v) is 9.87. The summed E-state index contributed by atoms with van der Waals surface area (Å²) in [7, 11) is 0. The molecule has 0 saturated carbocycles. The molecule has 2 nitrogen and oxygen atoms in total. The zero-order valence-corrected chi connectivity index (χ0v) is 20.6. The average Bonchev–Trinajstić information content (AvgIpc) is 3.55. The Labute approximate surface area is 219 Å². The Morgan fingerprint density at radius 1 is 0.395 bits per heavy atom. The van der Waals surface area contributed by atoms with Crippen LogP contribution in [0, 0.1) is 0 Å². The number of furan rings is 1. The van der Waals surface area contributed by atoms with Gasteiger partial charge in [-0.05, 0) is 70.3 Å². The molecule has 2 heteroatoms. The lowest BCUT2D eigenvalue weighted by molar-refractivity contribution is 0.669. The van der Waals surface area contributed by atoms with Gasteiger partial charge in [-0.15, -0.1) is 0 Å². The molecule has 0 aliphatic rings. The summed E-state index contributed by atoms with van der Waals surface area (Å²) in [5, 5.41) is 4.79. The number of aromatic amines is 1. The van der Waals surface area contributed by atoms with E-state index in [0.29, 0.717) is 0 Å². The molecule has 178 valence electrons. The van der Waals surface area contributed by atoms with Crippen LogP contribution in [0.2, 0.25) is 0 Å². The van der Waals surface area contributed by atoms with Crippen LogP contribution in [0.25, 0.3) is 77.1 Å². The van der Waals surface area contributed by atoms with E-state index in [1.165, 1.54) is 38.6 Å². The summed E-state index contributed by atoms with van der Waals surface area (Å²) in [5.74, 6) is 0. The summed E-state index contributed by atoms with van der Waals surface area (Å²) < 4.78 is 6.18. The highest BCUT2D eigenvalue weighted by Crippen LogP contribution is 2.39. The van der Waals surface area contributed by atoms with Gasteiger partial charge >= 0.3 is 0 Å². The number of fused-ring (bicyclic) bond motifs is 6. The monoisotopic (exact) mass is 485 g/mol. The molecule has 0 fully saturated rings. The Morgan fingerprint density at radius 3 is 2.03 bits per heavy atom. The summed E-state index contributed by atoms with van der Waals surface area (Å²) in [4.78, 5) is 3.71. The Balaban J connectivity index is 1.33. The predicted octanol–water partition coefficient (Wildman–Crippen LogP) is 10.2. The maximum absolute atomic E-state index is 6.18. The lowest BCUT2D eigenvalue weighted by Crippen LogP contribution is -1.86. The first-order chi connectivity index (χ1) is 18.8. The topological polar surface area (TPSA) is 28.9 Å². The van der Waals surface area contributed by atoms with Gasteiger partial charge in [-0.3, -0.25) is 0 Å². The molecule has 8 rings (SSSR count). The molecule has 0 saturated heterocycles. The molecular formula is C36H23NO. The lowest BCUT2D eigenvalue weighted by atomic mass is 9.93. The van der Waals surface area contributed by atoms with E-state index in [4.69, 9.17) is 4.42 Å². The van der Waals surface area contributed by atoms with E-state index in [0.717, 1.165) is 38.5 Å². The van der Waals surface area contributed by atoms with Crippen LogP contribution in [0.4, 0.5) is 0 Å². The highest BCUT2D eigenvalue weighted by Gasteiger charge is 2.14. The van der Waals surface area contributed by atoms with Crippen LogP contribution >= 0.6 is 0 Å². The first kappa shape index (κ1) is 21.0. The van der Waals surface area contributed by atoms with Crippen molar-refractivity contribution in [1.82, 2.24) is 4.98 Å². The van der Waals surface area contributed by atoms with Crippen molar-refractivity contribution in [1.29, 1.82) is 0 Å². The third kappa shape index (κ3) is 3.28. The van der Waals surface area contributed by atoms with Crippen LogP contribution in [-0.4, -0.2) is 4.98 Å². The van der Waals surface area contributed by atoms with Gasteiger partial charge in [0.25, 0.3) is 0 Å². The minimum atomic E-state index is 0.915. The van der Waals surface area contributed by atoms with Crippen molar-refractivity contribution in [3.8, 4) is 33.4 Å². The number of hydrogen-bond donors (Lipinski definition) is 1. The van der Waals surface area contributed by atoms with Gasteiger partial charge in [-0.25, -0.2) is 0 Å².